The summed E-state index contributed by atoms with van der Waals surface area (Å²) in [7, 11) is 0. The molecule has 0 unspecified atom stereocenters. The molecule has 1 aliphatic heterocycles. The molecule has 6 heteroatoms. The molecule has 0 bridgehead atoms. The quantitative estimate of drug-likeness (QED) is 0.831. The molecule has 1 heterocycles. The second-order valence-electron chi connectivity index (χ2n) is 6.50. The Morgan fingerprint density at radius 3 is 2.62 bits per heavy atom. The molecule has 130 valence electrons. The zero-order valence-corrected chi connectivity index (χ0v) is 14.0. The van der Waals surface area contributed by atoms with Crippen LogP contribution in [0.1, 0.15) is 49.4 Å². The van der Waals surface area contributed by atoms with Crippen molar-refractivity contribution in [2.45, 2.75) is 50.7 Å². The maximum Gasteiger partial charge on any atom is 0.338 e. The van der Waals surface area contributed by atoms with Crippen LogP contribution in [0.4, 0.5) is 10.5 Å². The van der Waals surface area contributed by atoms with Crippen LogP contribution in [0.5, 0.6) is 0 Å². The van der Waals surface area contributed by atoms with Gasteiger partial charge in [-0.05, 0) is 50.5 Å². The van der Waals surface area contributed by atoms with Crippen LogP contribution in [0.25, 0.3) is 0 Å². The number of rotatable bonds is 4. The molecule has 3 rings (SSSR count). The van der Waals surface area contributed by atoms with Crippen LogP contribution < -0.4 is 10.6 Å². The Morgan fingerprint density at radius 1 is 1.25 bits per heavy atom. The number of amides is 2. The van der Waals surface area contributed by atoms with Crippen molar-refractivity contribution >= 4 is 17.7 Å². The molecule has 1 saturated carbocycles. The van der Waals surface area contributed by atoms with E-state index in [1.807, 2.05) is 0 Å². The molecule has 1 aromatic rings. The Bertz CT molecular complexity index is 594. The Hall–Kier alpha value is -2.08. The molecule has 2 N–H and O–H groups in total. The Kier molecular flexibility index (Phi) is 5.04. The first-order chi connectivity index (χ1) is 11.6. The molecule has 1 atom stereocenters. The minimum Gasteiger partial charge on any atom is -0.462 e. The van der Waals surface area contributed by atoms with Gasteiger partial charge >= 0.3 is 12.0 Å². The number of esters is 1. The first kappa shape index (κ1) is 16.8. The summed E-state index contributed by atoms with van der Waals surface area (Å²) in [5.74, 6) is -0.363. The minimum absolute atomic E-state index is 0.000760. The van der Waals surface area contributed by atoms with Gasteiger partial charge in [0.1, 0.15) is 0 Å². The number of urea groups is 1. The fraction of sp³-hybridized carbons (Fsp3) is 0.556. The number of carbonyl (C=O) groups is 2. The van der Waals surface area contributed by atoms with Gasteiger partial charge in [0.2, 0.25) is 0 Å². The lowest BCUT2D eigenvalue weighted by molar-refractivity contribution is 0.00998. The summed E-state index contributed by atoms with van der Waals surface area (Å²) in [6, 6.07) is 6.47. The lowest BCUT2D eigenvalue weighted by Crippen LogP contribution is -2.39. The number of carbonyl (C=O) groups excluding carboxylic acids is 2. The minimum atomic E-state index is -0.363. The van der Waals surface area contributed by atoms with Crippen molar-refractivity contribution in [2.75, 3.05) is 18.5 Å². The standard InChI is InChI=1S/C18H24N2O4/c1-2-23-16(21)13-5-7-14(8-6-13)19-17(22)20-15-11-18(24-12-15)9-3-4-10-18/h5-8,15H,2-4,9-12H2,1H3,(H2,19,20,22)/t15-/m0/s1. The highest BCUT2D eigenvalue weighted by Crippen LogP contribution is 2.40. The number of hydrogen-bond donors (Lipinski definition) is 2. The average molecular weight is 332 g/mol. The van der Waals surface area contributed by atoms with Crippen LogP contribution in [0, 0.1) is 0 Å². The topological polar surface area (TPSA) is 76.7 Å². The van der Waals surface area contributed by atoms with E-state index in [0.717, 1.165) is 19.3 Å². The second-order valence-corrected chi connectivity index (χ2v) is 6.50. The van der Waals surface area contributed by atoms with Gasteiger partial charge in [0.05, 0.1) is 30.4 Å². The highest BCUT2D eigenvalue weighted by atomic mass is 16.5. The van der Waals surface area contributed by atoms with Crippen molar-refractivity contribution in [3.05, 3.63) is 29.8 Å². The molecular formula is C18H24N2O4. The monoisotopic (exact) mass is 332 g/mol. The summed E-state index contributed by atoms with van der Waals surface area (Å²) in [6.07, 6.45) is 5.52. The predicted octanol–water partition coefficient (Wildman–Crippen LogP) is 3.09. The lowest BCUT2D eigenvalue weighted by Gasteiger charge is -2.21. The zero-order valence-electron chi connectivity index (χ0n) is 14.0. The first-order valence-electron chi connectivity index (χ1n) is 8.59. The van der Waals surface area contributed by atoms with Gasteiger partial charge in [-0.25, -0.2) is 9.59 Å². The third-order valence-corrected chi connectivity index (χ3v) is 4.71. The highest BCUT2D eigenvalue weighted by molar-refractivity contribution is 5.92. The molecule has 2 amide bonds. The Morgan fingerprint density at radius 2 is 1.96 bits per heavy atom. The van der Waals surface area contributed by atoms with E-state index in [2.05, 4.69) is 10.6 Å². The molecule has 6 nitrogen and oxygen atoms in total. The number of hydrogen-bond acceptors (Lipinski definition) is 4. The van der Waals surface area contributed by atoms with E-state index < -0.39 is 0 Å². The van der Waals surface area contributed by atoms with Crippen LogP contribution in [0.15, 0.2) is 24.3 Å². The van der Waals surface area contributed by atoms with Crippen LogP contribution in [0.3, 0.4) is 0 Å². The van der Waals surface area contributed by atoms with E-state index in [9.17, 15) is 9.59 Å². The fourth-order valence-corrected chi connectivity index (χ4v) is 3.56. The third kappa shape index (κ3) is 3.87. The SMILES string of the molecule is CCOC(=O)c1ccc(NC(=O)N[C@@H]2COC3(CCCC3)C2)cc1. The Balaban J connectivity index is 1.49. The van der Waals surface area contributed by atoms with Crippen LogP contribution in [-0.4, -0.2) is 36.9 Å². The van der Waals surface area contributed by atoms with E-state index in [0.29, 0.717) is 24.5 Å². The van der Waals surface area contributed by atoms with Crippen LogP contribution >= 0.6 is 0 Å². The van der Waals surface area contributed by atoms with Gasteiger partial charge in [0, 0.05) is 5.69 Å². The fourth-order valence-electron chi connectivity index (χ4n) is 3.56. The van der Waals surface area contributed by atoms with Gasteiger partial charge in [-0.3, -0.25) is 0 Å². The predicted molar refractivity (Wildman–Crippen MR) is 90.1 cm³/mol. The van der Waals surface area contributed by atoms with Gasteiger partial charge in [-0.2, -0.15) is 0 Å². The van der Waals surface area contributed by atoms with Crippen molar-refractivity contribution in [1.29, 1.82) is 0 Å². The van der Waals surface area contributed by atoms with Crippen LogP contribution in [-0.2, 0) is 9.47 Å². The summed E-state index contributed by atoms with van der Waals surface area (Å²) in [5, 5.41) is 5.76. The van der Waals surface area contributed by atoms with E-state index in [-0.39, 0.29) is 23.6 Å². The van der Waals surface area contributed by atoms with Gasteiger partial charge in [0.25, 0.3) is 0 Å². The van der Waals surface area contributed by atoms with E-state index >= 15 is 0 Å². The molecule has 1 aromatic carbocycles. The van der Waals surface area contributed by atoms with Crippen molar-refractivity contribution in [3.63, 3.8) is 0 Å². The summed E-state index contributed by atoms with van der Waals surface area (Å²) >= 11 is 0. The lowest BCUT2D eigenvalue weighted by atomic mass is 9.96. The molecule has 1 spiro atoms. The zero-order chi connectivity index (χ0) is 17.0. The molecule has 0 aromatic heterocycles. The van der Waals surface area contributed by atoms with Crippen molar-refractivity contribution in [2.24, 2.45) is 0 Å². The normalized spacial score (nSPS) is 21.6. The number of benzene rings is 1. The van der Waals surface area contributed by atoms with E-state index in [1.54, 1.807) is 31.2 Å². The first-order valence-corrected chi connectivity index (χ1v) is 8.59. The van der Waals surface area contributed by atoms with E-state index in [1.165, 1.54) is 12.8 Å². The number of anilines is 1. The summed E-state index contributed by atoms with van der Waals surface area (Å²) in [4.78, 5) is 23.7. The van der Waals surface area contributed by atoms with Gasteiger partial charge in [-0.15, -0.1) is 0 Å². The second kappa shape index (κ2) is 7.21. The largest absolute Gasteiger partial charge is 0.462 e. The van der Waals surface area contributed by atoms with Crippen molar-refractivity contribution in [1.82, 2.24) is 5.32 Å². The molecule has 2 aliphatic rings. The smallest absolute Gasteiger partial charge is 0.338 e. The summed E-state index contributed by atoms with van der Waals surface area (Å²) < 4.78 is 10.9. The Labute approximate surface area is 141 Å². The van der Waals surface area contributed by atoms with Crippen molar-refractivity contribution in [3.8, 4) is 0 Å². The molecule has 2 fully saturated rings. The van der Waals surface area contributed by atoms with Crippen LogP contribution in [0.2, 0.25) is 0 Å². The molecule has 1 aliphatic carbocycles. The maximum atomic E-state index is 12.1. The molecule has 1 saturated heterocycles. The molecular weight excluding hydrogens is 308 g/mol. The van der Waals surface area contributed by atoms with Crippen molar-refractivity contribution < 1.29 is 19.1 Å². The van der Waals surface area contributed by atoms with E-state index in [4.69, 9.17) is 9.47 Å². The maximum absolute atomic E-state index is 12.1. The van der Waals surface area contributed by atoms with Gasteiger partial charge < -0.3 is 20.1 Å². The summed E-state index contributed by atoms with van der Waals surface area (Å²) in [5.41, 5.74) is 1.10. The number of nitrogens with one attached hydrogen (secondary N) is 2. The molecule has 24 heavy (non-hydrogen) atoms. The third-order valence-electron chi connectivity index (χ3n) is 4.71. The number of ether oxygens (including phenoxy) is 2. The molecule has 0 radical (unpaired) electrons. The van der Waals surface area contributed by atoms with Gasteiger partial charge in [-0.1, -0.05) is 12.8 Å². The average Bonchev–Trinajstić information content (AvgIpc) is 3.18. The van der Waals surface area contributed by atoms with Gasteiger partial charge in [0.15, 0.2) is 0 Å². The highest BCUT2D eigenvalue weighted by Gasteiger charge is 2.42. The summed E-state index contributed by atoms with van der Waals surface area (Å²) in [6.45, 7) is 2.68.